The first-order valence-electron chi connectivity index (χ1n) is 13.7. The highest BCUT2D eigenvalue weighted by Gasteiger charge is 2.45. The van der Waals surface area contributed by atoms with Gasteiger partial charge in [0.15, 0.2) is 14.1 Å². The van der Waals surface area contributed by atoms with Gasteiger partial charge in [-0.1, -0.05) is 82.6 Å². The molecule has 0 aliphatic heterocycles. The smallest absolute Gasteiger partial charge is 0.193 e. The van der Waals surface area contributed by atoms with Crippen molar-refractivity contribution in [1.82, 2.24) is 0 Å². The normalized spacial score (nSPS) is 31.0. The Labute approximate surface area is 199 Å². The van der Waals surface area contributed by atoms with Crippen LogP contribution in [0, 0.1) is 17.8 Å². The molecule has 32 heavy (non-hydrogen) atoms. The van der Waals surface area contributed by atoms with Gasteiger partial charge in [0, 0.05) is 17.6 Å². The van der Waals surface area contributed by atoms with Gasteiger partial charge in [0.2, 0.25) is 0 Å². The molecule has 3 aliphatic carbocycles. The zero-order chi connectivity index (χ0) is 23.1. The van der Waals surface area contributed by atoms with Crippen LogP contribution in [-0.2, 0) is 9.22 Å². The molecule has 2 nitrogen and oxygen atoms in total. The van der Waals surface area contributed by atoms with Gasteiger partial charge in [-0.25, -0.2) is 0 Å². The first-order chi connectivity index (χ1) is 15.5. The Hall–Kier alpha value is -0.933. The van der Waals surface area contributed by atoms with E-state index in [2.05, 4.69) is 39.8 Å². The van der Waals surface area contributed by atoms with E-state index in [9.17, 15) is 4.79 Å². The van der Waals surface area contributed by atoms with Crippen molar-refractivity contribution in [3.05, 3.63) is 34.9 Å². The molecular weight excluding hydrogens is 408 g/mol. The molecule has 180 valence electrons. The monoisotopic (exact) mass is 456 g/mol. The zero-order valence-electron chi connectivity index (χ0n) is 21.6. The molecule has 4 atom stereocenters. The van der Waals surface area contributed by atoms with E-state index in [4.69, 9.17) is 4.43 Å². The number of fused-ring (bicyclic) bond motifs is 2. The fourth-order valence-electron chi connectivity index (χ4n) is 6.66. The molecule has 0 radical (unpaired) electrons. The molecule has 0 unspecified atom stereocenters. The Kier molecular flexibility index (Phi) is 9.61. The number of rotatable bonds is 11. The molecule has 3 aliphatic rings. The minimum atomic E-state index is -1.74. The van der Waals surface area contributed by atoms with Gasteiger partial charge in [-0.3, -0.25) is 4.79 Å². The molecular formula is C29H48O2Si. The molecule has 0 aromatic rings. The van der Waals surface area contributed by atoms with Crippen LogP contribution >= 0.6 is 0 Å². The summed E-state index contributed by atoms with van der Waals surface area (Å²) in [6.07, 6.45) is 19.2. The highest BCUT2D eigenvalue weighted by Crippen LogP contribution is 2.49. The first-order valence-corrected chi connectivity index (χ1v) is 16.3. The second-order valence-electron chi connectivity index (χ2n) is 10.8. The van der Waals surface area contributed by atoms with E-state index in [0.29, 0.717) is 23.9 Å². The second kappa shape index (κ2) is 12.0. The lowest BCUT2D eigenvalue weighted by Crippen LogP contribution is -2.43. The van der Waals surface area contributed by atoms with E-state index in [1.165, 1.54) is 75.1 Å². The zero-order valence-corrected chi connectivity index (χ0v) is 22.6. The van der Waals surface area contributed by atoms with E-state index in [-0.39, 0.29) is 5.78 Å². The van der Waals surface area contributed by atoms with Crippen molar-refractivity contribution < 1.29 is 9.22 Å². The molecule has 3 heteroatoms. The minimum absolute atomic E-state index is 0.255. The van der Waals surface area contributed by atoms with Crippen LogP contribution in [0.15, 0.2) is 34.9 Å². The molecule has 0 aromatic carbocycles. The summed E-state index contributed by atoms with van der Waals surface area (Å²) in [5.41, 5.74) is 3.97. The molecule has 0 bridgehead atoms. The Morgan fingerprint density at radius 3 is 2.22 bits per heavy atom. The van der Waals surface area contributed by atoms with E-state index < -0.39 is 8.32 Å². The number of hydrogen-bond donors (Lipinski definition) is 0. The Balaban J connectivity index is 1.86. The van der Waals surface area contributed by atoms with Crippen molar-refractivity contribution in [3.8, 4) is 0 Å². The second-order valence-corrected chi connectivity index (χ2v) is 14.9. The van der Waals surface area contributed by atoms with E-state index >= 15 is 0 Å². The average molecular weight is 457 g/mol. The number of ketones is 1. The number of unbranched alkanes of at least 4 members (excludes halogenated alkanes) is 3. The summed E-state index contributed by atoms with van der Waals surface area (Å²) in [7, 11) is -1.74. The maximum absolute atomic E-state index is 12.6. The van der Waals surface area contributed by atoms with Gasteiger partial charge in [0.05, 0.1) is 0 Å². The molecule has 3 rings (SSSR count). The van der Waals surface area contributed by atoms with Crippen molar-refractivity contribution in [1.29, 1.82) is 0 Å². The lowest BCUT2D eigenvalue weighted by molar-refractivity contribution is -0.111. The fraction of sp³-hybridized carbons (Fsp3) is 0.759. The number of allylic oxidation sites excluding steroid dienone is 6. The van der Waals surface area contributed by atoms with Crippen LogP contribution in [0.4, 0.5) is 0 Å². The van der Waals surface area contributed by atoms with Gasteiger partial charge in [-0.15, -0.1) is 0 Å². The third-order valence-corrected chi connectivity index (χ3v) is 13.2. The first kappa shape index (κ1) is 25.7. The maximum atomic E-state index is 12.6. The van der Waals surface area contributed by atoms with Crippen LogP contribution in [0.2, 0.25) is 18.1 Å². The van der Waals surface area contributed by atoms with Crippen LogP contribution in [0.25, 0.3) is 0 Å². The third-order valence-electron chi connectivity index (χ3n) is 8.58. The topological polar surface area (TPSA) is 26.3 Å². The van der Waals surface area contributed by atoms with Crippen molar-refractivity contribution >= 4 is 14.1 Å². The lowest BCUT2D eigenvalue weighted by atomic mass is 9.77. The highest BCUT2D eigenvalue weighted by atomic mass is 28.4. The van der Waals surface area contributed by atoms with Crippen molar-refractivity contribution in [2.45, 2.75) is 123 Å². The maximum Gasteiger partial charge on any atom is 0.193 e. The Morgan fingerprint density at radius 1 is 1.03 bits per heavy atom. The quantitative estimate of drug-likeness (QED) is 0.177. The largest absolute Gasteiger partial charge is 0.414 e. The third kappa shape index (κ3) is 5.76. The summed E-state index contributed by atoms with van der Waals surface area (Å²) in [5.74, 6) is 1.76. The standard InChI is InChI=1S/C29H48O2Si/c1-6-10-17-32(18-11-7-2,19-12-8-3)31-29-16-15-25-22(5)13-14-26-23(20-27(25)29)21-28(30)24(26)9-4/h9,13,21,25-27,29H,6-8,10-12,14-20H2,1-5H3/b22-13-,24-9-/t25-,26-,27+,29+/m1/s1. The average Bonchev–Trinajstić information content (AvgIpc) is 3.31. The van der Waals surface area contributed by atoms with Crippen LogP contribution in [0.1, 0.15) is 98.8 Å². The molecule has 1 fully saturated rings. The number of carbonyl (C=O) groups excluding carboxylic acids is 1. The minimum Gasteiger partial charge on any atom is -0.414 e. The van der Waals surface area contributed by atoms with Gasteiger partial charge in [-0.2, -0.15) is 0 Å². The van der Waals surface area contributed by atoms with Crippen LogP contribution in [0.3, 0.4) is 0 Å². The van der Waals surface area contributed by atoms with E-state index in [1.807, 2.05) is 13.0 Å². The van der Waals surface area contributed by atoms with Crippen LogP contribution in [-0.4, -0.2) is 20.2 Å². The molecule has 0 saturated heterocycles. The van der Waals surface area contributed by atoms with Crippen molar-refractivity contribution in [3.63, 3.8) is 0 Å². The van der Waals surface area contributed by atoms with Crippen molar-refractivity contribution in [2.24, 2.45) is 17.8 Å². The Morgan fingerprint density at radius 2 is 1.66 bits per heavy atom. The van der Waals surface area contributed by atoms with E-state index in [1.54, 1.807) is 5.57 Å². The molecule has 0 amide bonds. The fourth-order valence-corrected chi connectivity index (χ4v) is 11.7. The van der Waals surface area contributed by atoms with Gasteiger partial charge >= 0.3 is 0 Å². The SMILES string of the molecule is C/C=C1\C(=O)C=C2C[C@@H]3[C@@H](O[Si](CCCC)(CCCC)CCCC)CC[C@@H]3/C(C)=C\C[C@H]21. The van der Waals surface area contributed by atoms with Gasteiger partial charge < -0.3 is 4.43 Å². The number of hydrogen-bond acceptors (Lipinski definition) is 2. The van der Waals surface area contributed by atoms with E-state index in [0.717, 1.165) is 18.4 Å². The van der Waals surface area contributed by atoms with Crippen LogP contribution < -0.4 is 0 Å². The van der Waals surface area contributed by atoms with Crippen molar-refractivity contribution in [2.75, 3.05) is 0 Å². The summed E-state index contributed by atoms with van der Waals surface area (Å²) in [5, 5.41) is 0. The molecule has 1 saturated carbocycles. The summed E-state index contributed by atoms with van der Waals surface area (Å²) in [4.78, 5) is 12.6. The highest BCUT2D eigenvalue weighted by molar-refractivity contribution is 6.73. The van der Waals surface area contributed by atoms with Gasteiger partial charge in [-0.05, 0) is 75.6 Å². The predicted octanol–water partition coefficient (Wildman–Crippen LogP) is 8.56. The van der Waals surface area contributed by atoms with Crippen LogP contribution in [0.5, 0.6) is 0 Å². The summed E-state index contributed by atoms with van der Waals surface area (Å²) >= 11 is 0. The molecule has 0 aromatic heterocycles. The predicted molar refractivity (Wildman–Crippen MR) is 139 cm³/mol. The van der Waals surface area contributed by atoms with Gasteiger partial charge in [0.1, 0.15) is 0 Å². The summed E-state index contributed by atoms with van der Waals surface area (Å²) in [6, 6.07) is 4.04. The molecule has 0 heterocycles. The Bertz CT molecular complexity index is 710. The lowest BCUT2D eigenvalue weighted by Gasteiger charge is -2.38. The number of carbonyl (C=O) groups is 1. The molecule has 0 N–H and O–H groups in total. The van der Waals surface area contributed by atoms with Gasteiger partial charge in [0.25, 0.3) is 0 Å². The summed E-state index contributed by atoms with van der Waals surface area (Å²) in [6.45, 7) is 11.4. The molecule has 0 spiro atoms. The summed E-state index contributed by atoms with van der Waals surface area (Å²) < 4.78 is 7.43.